The predicted octanol–water partition coefficient (Wildman–Crippen LogP) is 0.921. The number of esters is 1. The van der Waals surface area contributed by atoms with Crippen LogP contribution in [0.15, 0.2) is 0 Å². The summed E-state index contributed by atoms with van der Waals surface area (Å²) >= 11 is 5.30. The van der Waals surface area contributed by atoms with Crippen molar-refractivity contribution in [3.05, 3.63) is 0 Å². The van der Waals surface area contributed by atoms with Crippen molar-refractivity contribution in [1.82, 2.24) is 0 Å². The second-order valence-electron chi connectivity index (χ2n) is 3.00. The highest BCUT2D eigenvalue weighted by Gasteiger charge is 2.31. The van der Waals surface area contributed by atoms with Crippen molar-refractivity contribution in [2.75, 3.05) is 25.7 Å². The lowest BCUT2D eigenvalue weighted by Gasteiger charge is -2.26. The molecule has 1 rings (SSSR count). The molecule has 0 bridgehead atoms. The summed E-state index contributed by atoms with van der Waals surface area (Å²) in [6, 6.07) is 0. The van der Waals surface area contributed by atoms with Crippen molar-refractivity contribution in [3.63, 3.8) is 0 Å². The first-order valence-electron chi connectivity index (χ1n) is 4.16. The Labute approximate surface area is 82.1 Å². The van der Waals surface area contributed by atoms with Crippen LogP contribution in [-0.4, -0.2) is 37.5 Å². The molecule has 5 heteroatoms. The van der Waals surface area contributed by atoms with Gasteiger partial charge in [0.1, 0.15) is 12.5 Å². The fourth-order valence-corrected chi connectivity index (χ4v) is 1.13. The first-order chi connectivity index (χ1) is 6.16. The van der Waals surface area contributed by atoms with Gasteiger partial charge in [-0.15, -0.1) is 11.6 Å². The third kappa shape index (κ3) is 3.50. The molecule has 1 saturated heterocycles. The lowest BCUT2D eigenvalue weighted by molar-refractivity contribution is -0.230. The summed E-state index contributed by atoms with van der Waals surface area (Å²) < 4.78 is 15.5. The van der Waals surface area contributed by atoms with Gasteiger partial charge >= 0.3 is 5.97 Å². The van der Waals surface area contributed by atoms with Crippen LogP contribution in [0.1, 0.15) is 13.3 Å². The van der Waals surface area contributed by atoms with E-state index >= 15 is 0 Å². The zero-order valence-electron chi connectivity index (χ0n) is 7.55. The fourth-order valence-electron chi connectivity index (χ4n) is 1.08. The van der Waals surface area contributed by atoms with E-state index in [1.54, 1.807) is 6.92 Å². The standard InChI is InChI=1S/C8H13ClO4/c1-8(13-7(10)5-9)6-11-3-2-4-12-8/h2-6H2,1H3. The monoisotopic (exact) mass is 208 g/mol. The van der Waals surface area contributed by atoms with Gasteiger partial charge in [0.15, 0.2) is 0 Å². The highest BCUT2D eigenvalue weighted by atomic mass is 35.5. The van der Waals surface area contributed by atoms with Gasteiger partial charge in [-0.2, -0.15) is 0 Å². The Balaban J connectivity index is 2.46. The van der Waals surface area contributed by atoms with E-state index in [9.17, 15) is 4.79 Å². The van der Waals surface area contributed by atoms with Gasteiger partial charge in [-0.25, -0.2) is 0 Å². The third-order valence-electron chi connectivity index (χ3n) is 1.64. The zero-order valence-corrected chi connectivity index (χ0v) is 8.30. The maximum absolute atomic E-state index is 10.9. The summed E-state index contributed by atoms with van der Waals surface area (Å²) in [5.41, 5.74) is 0. The second kappa shape index (κ2) is 4.79. The van der Waals surface area contributed by atoms with Crippen LogP contribution in [0.3, 0.4) is 0 Å². The third-order valence-corrected chi connectivity index (χ3v) is 1.86. The zero-order chi connectivity index (χ0) is 9.73. The Hall–Kier alpha value is -0.320. The molecule has 0 amide bonds. The van der Waals surface area contributed by atoms with E-state index in [1.807, 2.05) is 0 Å². The number of hydrogen-bond acceptors (Lipinski definition) is 4. The number of ether oxygens (including phenoxy) is 3. The molecule has 1 aliphatic rings. The molecule has 1 fully saturated rings. The molecule has 1 heterocycles. The van der Waals surface area contributed by atoms with Gasteiger partial charge in [0.05, 0.1) is 6.61 Å². The number of halogens is 1. The molecule has 1 aliphatic heterocycles. The molecule has 4 nitrogen and oxygen atoms in total. The number of carbonyl (C=O) groups excluding carboxylic acids is 1. The van der Waals surface area contributed by atoms with E-state index in [4.69, 9.17) is 25.8 Å². The molecule has 0 saturated carbocycles. The van der Waals surface area contributed by atoms with Crippen molar-refractivity contribution in [1.29, 1.82) is 0 Å². The summed E-state index contributed by atoms with van der Waals surface area (Å²) in [6.45, 7) is 3.10. The van der Waals surface area contributed by atoms with Crippen molar-refractivity contribution in [2.45, 2.75) is 19.1 Å². The Kier molecular flexibility index (Phi) is 3.96. The minimum atomic E-state index is -0.970. The molecule has 0 spiro atoms. The van der Waals surface area contributed by atoms with Crippen LogP contribution in [-0.2, 0) is 19.0 Å². The quantitative estimate of drug-likeness (QED) is 0.500. The normalized spacial score (nSPS) is 29.4. The molecule has 0 aromatic rings. The minimum absolute atomic E-state index is 0.168. The molecule has 0 aromatic heterocycles. The average Bonchev–Trinajstić information content (AvgIpc) is 2.30. The van der Waals surface area contributed by atoms with Gasteiger partial charge in [0.25, 0.3) is 0 Å². The average molecular weight is 209 g/mol. The largest absolute Gasteiger partial charge is 0.430 e. The molecule has 1 unspecified atom stereocenters. The van der Waals surface area contributed by atoms with Crippen molar-refractivity contribution < 1.29 is 19.0 Å². The minimum Gasteiger partial charge on any atom is -0.430 e. The number of alkyl halides is 1. The van der Waals surface area contributed by atoms with Gasteiger partial charge in [0, 0.05) is 13.5 Å². The van der Waals surface area contributed by atoms with E-state index in [-0.39, 0.29) is 12.5 Å². The highest BCUT2D eigenvalue weighted by Crippen LogP contribution is 2.17. The van der Waals surface area contributed by atoms with Gasteiger partial charge < -0.3 is 14.2 Å². The van der Waals surface area contributed by atoms with E-state index in [0.29, 0.717) is 13.2 Å². The van der Waals surface area contributed by atoms with Gasteiger partial charge in [-0.1, -0.05) is 0 Å². The smallest absolute Gasteiger partial charge is 0.323 e. The van der Waals surface area contributed by atoms with E-state index in [0.717, 1.165) is 6.42 Å². The van der Waals surface area contributed by atoms with E-state index < -0.39 is 11.8 Å². The lowest BCUT2D eigenvalue weighted by atomic mass is 10.3. The molecule has 13 heavy (non-hydrogen) atoms. The molecular weight excluding hydrogens is 196 g/mol. The maximum Gasteiger partial charge on any atom is 0.323 e. The molecule has 76 valence electrons. The Bertz CT molecular complexity index is 175. The van der Waals surface area contributed by atoms with Crippen LogP contribution in [0, 0.1) is 0 Å². The highest BCUT2D eigenvalue weighted by molar-refractivity contribution is 6.26. The molecular formula is C8H13ClO4. The first kappa shape index (κ1) is 10.8. The molecule has 1 atom stereocenters. The predicted molar refractivity (Wildman–Crippen MR) is 46.6 cm³/mol. The summed E-state index contributed by atoms with van der Waals surface area (Å²) in [7, 11) is 0. The fraction of sp³-hybridized carbons (Fsp3) is 0.875. The summed E-state index contributed by atoms with van der Waals surface area (Å²) in [5.74, 6) is -1.63. The van der Waals surface area contributed by atoms with Gasteiger partial charge in [-0.3, -0.25) is 4.79 Å². The maximum atomic E-state index is 10.9. The second-order valence-corrected chi connectivity index (χ2v) is 3.26. The summed E-state index contributed by atoms with van der Waals surface area (Å²) in [6.07, 6.45) is 0.814. The van der Waals surface area contributed by atoms with E-state index in [1.165, 1.54) is 0 Å². The first-order valence-corrected chi connectivity index (χ1v) is 4.69. The van der Waals surface area contributed by atoms with Crippen LogP contribution in [0.5, 0.6) is 0 Å². The molecule has 0 radical (unpaired) electrons. The Morgan fingerprint density at radius 3 is 3.08 bits per heavy atom. The van der Waals surface area contributed by atoms with Crippen molar-refractivity contribution >= 4 is 17.6 Å². The Morgan fingerprint density at radius 1 is 1.62 bits per heavy atom. The number of hydrogen-bond donors (Lipinski definition) is 0. The molecule has 0 N–H and O–H groups in total. The lowest BCUT2D eigenvalue weighted by Crippen LogP contribution is -2.39. The van der Waals surface area contributed by atoms with Crippen LogP contribution in [0.2, 0.25) is 0 Å². The molecule has 0 aromatic carbocycles. The van der Waals surface area contributed by atoms with Crippen molar-refractivity contribution in [2.24, 2.45) is 0 Å². The summed E-state index contributed by atoms with van der Waals surface area (Å²) in [5, 5.41) is 0. The number of carbonyl (C=O) groups is 1. The van der Waals surface area contributed by atoms with Crippen molar-refractivity contribution in [3.8, 4) is 0 Å². The SMILES string of the molecule is CC1(OC(=O)CCl)COCCCO1. The van der Waals surface area contributed by atoms with Gasteiger partial charge in [-0.05, 0) is 6.42 Å². The van der Waals surface area contributed by atoms with Crippen LogP contribution >= 0.6 is 11.6 Å². The van der Waals surface area contributed by atoms with Gasteiger partial charge in [0.2, 0.25) is 5.79 Å². The topological polar surface area (TPSA) is 44.8 Å². The number of rotatable bonds is 2. The van der Waals surface area contributed by atoms with E-state index in [2.05, 4.69) is 0 Å². The Morgan fingerprint density at radius 2 is 2.38 bits per heavy atom. The van der Waals surface area contributed by atoms with Crippen LogP contribution in [0.25, 0.3) is 0 Å². The molecule has 0 aliphatic carbocycles. The van der Waals surface area contributed by atoms with Crippen LogP contribution < -0.4 is 0 Å². The summed E-state index contributed by atoms with van der Waals surface area (Å²) in [4.78, 5) is 10.9. The van der Waals surface area contributed by atoms with Crippen LogP contribution in [0.4, 0.5) is 0 Å².